The fraction of sp³-hybridized carbons (Fsp3) is 0.462. The lowest BCUT2D eigenvalue weighted by Crippen LogP contribution is -2.43. The van der Waals surface area contributed by atoms with Crippen LogP contribution in [0.3, 0.4) is 0 Å². The second-order valence-electron chi connectivity index (χ2n) is 4.92. The molecule has 3 nitrogen and oxygen atoms in total. The van der Waals surface area contributed by atoms with Gasteiger partial charge in [-0.1, -0.05) is 6.42 Å². The van der Waals surface area contributed by atoms with E-state index < -0.39 is 0 Å². The quantitative estimate of drug-likeness (QED) is 0.833. The van der Waals surface area contributed by atoms with Gasteiger partial charge in [-0.15, -0.1) is 0 Å². The molecule has 2 aromatic heterocycles. The highest BCUT2D eigenvalue weighted by Gasteiger charge is 2.40. The van der Waals surface area contributed by atoms with Gasteiger partial charge in [0.2, 0.25) is 0 Å². The number of aromatic nitrogens is 2. The molecule has 1 aliphatic rings. The van der Waals surface area contributed by atoms with Crippen LogP contribution in [0.25, 0.3) is 5.52 Å². The van der Waals surface area contributed by atoms with Gasteiger partial charge in [-0.05, 0) is 37.5 Å². The molecule has 1 saturated carbocycles. The monoisotopic (exact) mass is 215 g/mol. The largest absolute Gasteiger partial charge is 0.329 e. The average molecular weight is 215 g/mol. The van der Waals surface area contributed by atoms with Gasteiger partial charge in [0, 0.05) is 18.2 Å². The van der Waals surface area contributed by atoms with E-state index in [1.807, 2.05) is 6.20 Å². The van der Waals surface area contributed by atoms with E-state index in [-0.39, 0.29) is 5.41 Å². The van der Waals surface area contributed by atoms with Crippen molar-refractivity contribution in [1.29, 1.82) is 0 Å². The van der Waals surface area contributed by atoms with Crippen molar-refractivity contribution >= 4 is 5.52 Å². The molecular weight excluding hydrogens is 198 g/mol. The van der Waals surface area contributed by atoms with Crippen LogP contribution in [0.1, 0.15) is 30.7 Å². The van der Waals surface area contributed by atoms with Crippen LogP contribution in [0.15, 0.2) is 24.5 Å². The SMILES string of the molecule is Cc1ccn2c(C3(CN)CCC3)ncc2c1. The van der Waals surface area contributed by atoms with E-state index in [0.29, 0.717) is 6.54 Å². The highest BCUT2D eigenvalue weighted by Crippen LogP contribution is 2.42. The Hall–Kier alpha value is -1.35. The summed E-state index contributed by atoms with van der Waals surface area (Å²) in [6, 6.07) is 4.29. The third-order valence-electron chi connectivity index (χ3n) is 3.86. The summed E-state index contributed by atoms with van der Waals surface area (Å²) in [6.07, 6.45) is 7.70. The van der Waals surface area contributed by atoms with Gasteiger partial charge >= 0.3 is 0 Å². The predicted molar refractivity (Wildman–Crippen MR) is 64.5 cm³/mol. The first kappa shape index (κ1) is 9.85. The molecule has 3 heteroatoms. The van der Waals surface area contributed by atoms with Crippen LogP contribution in [0.5, 0.6) is 0 Å². The third kappa shape index (κ3) is 1.21. The molecule has 0 aliphatic heterocycles. The van der Waals surface area contributed by atoms with Crippen LogP contribution >= 0.6 is 0 Å². The number of nitrogens with two attached hydrogens (primary N) is 1. The predicted octanol–water partition coefficient (Wildman–Crippen LogP) is 2.02. The minimum atomic E-state index is 0.141. The zero-order valence-corrected chi connectivity index (χ0v) is 9.61. The normalized spacial score (nSPS) is 18.6. The van der Waals surface area contributed by atoms with Gasteiger partial charge in [0.05, 0.1) is 11.7 Å². The molecule has 0 unspecified atom stereocenters. The van der Waals surface area contributed by atoms with Gasteiger partial charge in [-0.25, -0.2) is 4.98 Å². The van der Waals surface area contributed by atoms with Crippen LogP contribution in [-0.2, 0) is 5.41 Å². The Morgan fingerprint density at radius 3 is 2.94 bits per heavy atom. The molecule has 16 heavy (non-hydrogen) atoms. The molecule has 1 fully saturated rings. The molecule has 0 saturated heterocycles. The Balaban J connectivity index is 2.17. The maximum Gasteiger partial charge on any atom is 0.120 e. The van der Waals surface area contributed by atoms with E-state index >= 15 is 0 Å². The van der Waals surface area contributed by atoms with Crippen LogP contribution in [0, 0.1) is 6.92 Å². The first-order valence-electron chi connectivity index (χ1n) is 5.89. The second-order valence-corrected chi connectivity index (χ2v) is 4.92. The van der Waals surface area contributed by atoms with Crippen molar-refractivity contribution in [3.05, 3.63) is 35.9 Å². The molecular formula is C13H17N3. The molecule has 0 aromatic carbocycles. The van der Waals surface area contributed by atoms with Crippen molar-refractivity contribution < 1.29 is 0 Å². The molecule has 0 amide bonds. The number of rotatable bonds is 2. The summed E-state index contributed by atoms with van der Waals surface area (Å²) in [6.45, 7) is 2.81. The molecule has 0 bridgehead atoms. The Morgan fingerprint density at radius 2 is 2.31 bits per heavy atom. The second kappa shape index (κ2) is 3.32. The smallest absolute Gasteiger partial charge is 0.120 e. The van der Waals surface area contributed by atoms with E-state index in [1.165, 1.54) is 30.3 Å². The lowest BCUT2D eigenvalue weighted by molar-refractivity contribution is 0.237. The zero-order chi connectivity index (χ0) is 11.2. The summed E-state index contributed by atoms with van der Waals surface area (Å²) in [4.78, 5) is 4.58. The fourth-order valence-electron chi connectivity index (χ4n) is 2.63. The van der Waals surface area contributed by atoms with Crippen molar-refractivity contribution in [2.75, 3.05) is 6.54 Å². The van der Waals surface area contributed by atoms with Crippen LogP contribution in [-0.4, -0.2) is 15.9 Å². The minimum absolute atomic E-state index is 0.141. The van der Waals surface area contributed by atoms with Crippen LogP contribution in [0.2, 0.25) is 0 Å². The van der Waals surface area contributed by atoms with Crippen molar-refractivity contribution in [3.63, 3.8) is 0 Å². The first-order valence-corrected chi connectivity index (χ1v) is 5.89. The number of imidazole rings is 1. The van der Waals surface area contributed by atoms with Gasteiger partial charge in [0.25, 0.3) is 0 Å². The number of pyridine rings is 1. The van der Waals surface area contributed by atoms with Gasteiger partial charge < -0.3 is 10.1 Å². The van der Waals surface area contributed by atoms with Gasteiger partial charge in [0.1, 0.15) is 5.82 Å². The highest BCUT2D eigenvalue weighted by atomic mass is 15.0. The van der Waals surface area contributed by atoms with Crippen molar-refractivity contribution in [1.82, 2.24) is 9.38 Å². The van der Waals surface area contributed by atoms with Gasteiger partial charge in [-0.2, -0.15) is 0 Å². The number of aryl methyl sites for hydroxylation is 1. The van der Waals surface area contributed by atoms with E-state index in [0.717, 1.165) is 5.82 Å². The van der Waals surface area contributed by atoms with E-state index in [9.17, 15) is 0 Å². The molecule has 0 radical (unpaired) electrons. The fourth-order valence-corrected chi connectivity index (χ4v) is 2.63. The topological polar surface area (TPSA) is 43.3 Å². The Morgan fingerprint density at radius 1 is 1.50 bits per heavy atom. The number of nitrogens with zero attached hydrogens (tertiary/aromatic N) is 2. The highest BCUT2D eigenvalue weighted by molar-refractivity contribution is 5.49. The molecule has 84 valence electrons. The molecule has 0 spiro atoms. The molecule has 2 N–H and O–H groups in total. The average Bonchev–Trinajstić information content (AvgIpc) is 2.61. The molecule has 2 aromatic rings. The maximum absolute atomic E-state index is 5.93. The molecule has 0 atom stereocenters. The summed E-state index contributed by atoms with van der Waals surface area (Å²) in [5.74, 6) is 1.15. The molecule has 3 rings (SSSR count). The summed E-state index contributed by atoms with van der Waals surface area (Å²) in [5.41, 5.74) is 8.52. The van der Waals surface area contributed by atoms with Crippen molar-refractivity contribution in [2.24, 2.45) is 5.73 Å². The van der Waals surface area contributed by atoms with Crippen molar-refractivity contribution in [2.45, 2.75) is 31.6 Å². The van der Waals surface area contributed by atoms with E-state index in [1.54, 1.807) is 0 Å². The minimum Gasteiger partial charge on any atom is -0.329 e. The summed E-state index contributed by atoms with van der Waals surface area (Å²) >= 11 is 0. The third-order valence-corrected chi connectivity index (χ3v) is 3.86. The lowest BCUT2D eigenvalue weighted by Gasteiger charge is -2.39. The number of hydrogen-bond acceptors (Lipinski definition) is 2. The standard InChI is InChI=1S/C13H17N3/c1-10-3-6-16-11(7-10)8-15-12(16)13(9-14)4-2-5-13/h3,6-8H,2,4-5,9,14H2,1H3. The van der Waals surface area contributed by atoms with E-state index in [2.05, 4.69) is 34.6 Å². The van der Waals surface area contributed by atoms with Crippen LogP contribution in [0.4, 0.5) is 0 Å². The summed E-state index contributed by atoms with van der Waals surface area (Å²) in [5, 5.41) is 0. The van der Waals surface area contributed by atoms with Gasteiger partial charge in [-0.3, -0.25) is 0 Å². The molecule has 2 heterocycles. The Kier molecular flexibility index (Phi) is 2.04. The number of fused-ring (bicyclic) bond motifs is 1. The Bertz CT molecular complexity index is 517. The van der Waals surface area contributed by atoms with Gasteiger partial charge in [0.15, 0.2) is 0 Å². The summed E-state index contributed by atoms with van der Waals surface area (Å²) in [7, 11) is 0. The number of hydrogen-bond donors (Lipinski definition) is 1. The lowest BCUT2D eigenvalue weighted by atomic mass is 9.68. The maximum atomic E-state index is 5.93. The van der Waals surface area contributed by atoms with Crippen LogP contribution < -0.4 is 5.73 Å². The zero-order valence-electron chi connectivity index (χ0n) is 9.61. The molecule has 1 aliphatic carbocycles. The Labute approximate surface area is 95.3 Å². The first-order chi connectivity index (χ1) is 7.75. The summed E-state index contributed by atoms with van der Waals surface area (Å²) < 4.78 is 2.19. The van der Waals surface area contributed by atoms with E-state index in [4.69, 9.17) is 5.73 Å². The van der Waals surface area contributed by atoms with Crippen molar-refractivity contribution in [3.8, 4) is 0 Å².